The summed E-state index contributed by atoms with van der Waals surface area (Å²) in [5.74, 6) is 1.61. The fraction of sp³-hybridized carbons (Fsp3) is 0.786. The number of aryl methyl sites for hydroxylation is 1. The molecule has 0 aliphatic heterocycles. The largest absolute Gasteiger partial charge is 0.326 e. The van der Waals surface area contributed by atoms with Gasteiger partial charge in [0.05, 0.1) is 0 Å². The van der Waals surface area contributed by atoms with Crippen LogP contribution in [-0.2, 0) is 6.42 Å². The van der Waals surface area contributed by atoms with Crippen LogP contribution in [0.3, 0.4) is 0 Å². The predicted octanol–water partition coefficient (Wildman–Crippen LogP) is 2.90. The van der Waals surface area contributed by atoms with Gasteiger partial charge in [-0.3, -0.25) is 0 Å². The Labute approximate surface area is 123 Å². The molecule has 1 saturated carbocycles. The Bertz CT molecular complexity index is 574. The van der Waals surface area contributed by atoms with Crippen molar-refractivity contribution in [3.05, 3.63) is 10.8 Å². The molecular formula is C14H23N5S. The second kappa shape index (κ2) is 5.41. The van der Waals surface area contributed by atoms with Crippen molar-refractivity contribution in [2.24, 2.45) is 5.73 Å². The van der Waals surface area contributed by atoms with Gasteiger partial charge in [0.25, 0.3) is 0 Å². The first-order chi connectivity index (χ1) is 9.53. The van der Waals surface area contributed by atoms with E-state index in [4.69, 9.17) is 10.8 Å². The zero-order chi connectivity index (χ0) is 14.2. The molecule has 2 aromatic heterocycles. The summed E-state index contributed by atoms with van der Waals surface area (Å²) in [6.45, 7) is 4.11. The fourth-order valence-electron chi connectivity index (χ4n) is 2.82. The molecule has 0 aromatic carbocycles. The Morgan fingerprint density at radius 1 is 1.25 bits per heavy atom. The van der Waals surface area contributed by atoms with Crippen molar-refractivity contribution in [1.29, 1.82) is 0 Å². The van der Waals surface area contributed by atoms with E-state index in [2.05, 4.69) is 24.0 Å². The summed E-state index contributed by atoms with van der Waals surface area (Å²) >= 11 is 1.65. The van der Waals surface area contributed by atoms with Gasteiger partial charge in [0, 0.05) is 17.9 Å². The molecule has 0 saturated heterocycles. The Balaban J connectivity index is 1.79. The molecular weight excluding hydrogens is 270 g/mol. The van der Waals surface area contributed by atoms with Crippen LogP contribution in [0.25, 0.3) is 4.96 Å². The van der Waals surface area contributed by atoms with Crippen LogP contribution < -0.4 is 5.73 Å². The van der Waals surface area contributed by atoms with E-state index in [0.29, 0.717) is 5.92 Å². The lowest BCUT2D eigenvalue weighted by Gasteiger charge is -2.19. The van der Waals surface area contributed by atoms with Gasteiger partial charge in [-0.2, -0.15) is 9.61 Å². The number of nitrogens with two attached hydrogens (primary N) is 1. The number of aromatic nitrogens is 4. The molecule has 2 N–H and O–H groups in total. The molecule has 1 aliphatic carbocycles. The van der Waals surface area contributed by atoms with Crippen molar-refractivity contribution in [3.63, 3.8) is 0 Å². The highest BCUT2D eigenvalue weighted by molar-refractivity contribution is 7.16. The van der Waals surface area contributed by atoms with Crippen LogP contribution in [0.2, 0.25) is 0 Å². The van der Waals surface area contributed by atoms with Gasteiger partial charge in [0.15, 0.2) is 5.82 Å². The lowest BCUT2D eigenvalue weighted by molar-refractivity contribution is 0.422. The molecule has 0 atom stereocenters. The van der Waals surface area contributed by atoms with Gasteiger partial charge in [-0.05, 0) is 33.1 Å². The van der Waals surface area contributed by atoms with Gasteiger partial charge in [-0.1, -0.05) is 30.6 Å². The van der Waals surface area contributed by atoms with Crippen LogP contribution in [0.5, 0.6) is 0 Å². The van der Waals surface area contributed by atoms with Gasteiger partial charge < -0.3 is 5.73 Å². The molecule has 1 aliphatic rings. The highest BCUT2D eigenvalue weighted by Crippen LogP contribution is 2.32. The van der Waals surface area contributed by atoms with Crippen molar-refractivity contribution < 1.29 is 0 Å². The van der Waals surface area contributed by atoms with Gasteiger partial charge in [-0.25, -0.2) is 0 Å². The van der Waals surface area contributed by atoms with Crippen molar-refractivity contribution in [2.75, 3.05) is 0 Å². The van der Waals surface area contributed by atoms with Crippen molar-refractivity contribution in [2.45, 2.75) is 70.3 Å². The van der Waals surface area contributed by atoms with E-state index in [1.54, 1.807) is 11.3 Å². The van der Waals surface area contributed by atoms with Gasteiger partial charge in [-0.15, -0.1) is 10.2 Å². The Kier molecular flexibility index (Phi) is 3.77. The molecule has 20 heavy (non-hydrogen) atoms. The zero-order valence-electron chi connectivity index (χ0n) is 12.3. The number of hydrogen-bond acceptors (Lipinski definition) is 5. The highest BCUT2D eigenvalue weighted by Gasteiger charge is 2.23. The fourth-order valence-corrected chi connectivity index (χ4v) is 3.66. The van der Waals surface area contributed by atoms with Crippen LogP contribution in [0.1, 0.15) is 69.1 Å². The molecule has 0 amide bonds. The minimum Gasteiger partial charge on any atom is -0.326 e. The quantitative estimate of drug-likeness (QED) is 0.941. The molecule has 0 unspecified atom stereocenters. The standard InChI is InChI=1S/C14H23N5S/c1-14(2,15)9-8-11-18-19-12(16-17-13(19)20-11)10-6-4-3-5-7-10/h10H,3-9,15H2,1-2H3. The van der Waals surface area contributed by atoms with Gasteiger partial charge in [0.1, 0.15) is 5.01 Å². The van der Waals surface area contributed by atoms with Gasteiger partial charge in [0.2, 0.25) is 4.96 Å². The third-order valence-electron chi connectivity index (χ3n) is 4.01. The molecule has 6 heteroatoms. The molecule has 3 rings (SSSR count). The Morgan fingerprint density at radius 2 is 2.00 bits per heavy atom. The van der Waals surface area contributed by atoms with Crippen molar-refractivity contribution >= 4 is 16.3 Å². The minimum absolute atomic E-state index is 0.141. The molecule has 2 aromatic rings. The summed E-state index contributed by atoms with van der Waals surface area (Å²) in [5, 5.41) is 14.5. The van der Waals surface area contributed by atoms with E-state index in [1.165, 1.54) is 32.1 Å². The number of fused-ring (bicyclic) bond motifs is 1. The average Bonchev–Trinajstić information content (AvgIpc) is 2.96. The SMILES string of the molecule is CC(C)(N)CCc1nn2c(C3CCCCC3)nnc2s1. The average molecular weight is 293 g/mol. The van der Waals surface area contributed by atoms with Crippen LogP contribution in [0.4, 0.5) is 0 Å². The van der Waals surface area contributed by atoms with E-state index in [0.717, 1.165) is 28.6 Å². The van der Waals surface area contributed by atoms with E-state index in [-0.39, 0.29) is 5.54 Å². The lowest BCUT2D eigenvalue weighted by Crippen LogP contribution is -2.32. The maximum Gasteiger partial charge on any atom is 0.234 e. The van der Waals surface area contributed by atoms with Crippen molar-refractivity contribution in [1.82, 2.24) is 19.8 Å². The number of hydrogen-bond donors (Lipinski definition) is 1. The summed E-state index contributed by atoms with van der Waals surface area (Å²) in [7, 11) is 0. The maximum atomic E-state index is 6.04. The molecule has 0 spiro atoms. The molecule has 110 valence electrons. The first-order valence-corrected chi connectivity index (χ1v) is 8.34. The molecule has 1 fully saturated rings. The van der Waals surface area contributed by atoms with Crippen molar-refractivity contribution in [3.8, 4) is 0 Å². The van der Waals surface area contributed by atoms with Crippen LogP contribution in [0.15, 0.2) is 0 Å². The van der Waals surface area contributed by atoms with E-state index in [9.17, 15) is 0 Å². The van der Waals surface area contributed by atoms with Gasteiger partial charge >= 0.3 is 0 Å². The topological polar surface area (TPSA) is 69.1 Å². The number of nitrogens with zero attached hydrogens (tertiary/aromatic N) is 4. The summed E-state index contributed by atoms with van der Waals surface area (Å²) in [4.78, 5) is 0.926. The second-order valence-corrected chi connectivity index (χ2v) is 7.61. The summed E-state index contributed by atoms with van der Waals surface area (Å²) in [6.07, 6.45) is 8.27. The highest BCUT2D eigenvalue weighted by atomic mass is 32.1. The molecule has 2 heterocycles. The van der Waals surface area contributed by atoms with E-state index < -0.39 is 0 Å². The monoisotopic (exact) mass is 293 g/mol. The Hall–Kier alpha value is -1.01. The van der Waals surface area contributed by atoms with E-state index >= 15 is 0 Å². The Morgan fingerprint density at radius 3 is 2.70 bits per heavy atom. The maximum absolute atomic E-state index is 6.04. The first kappa shape index (κ1) is 13.9. The summed E-state index contributed by atoms with van der Waals surface area (Å²) in [5.41, 5.74) is 5.90. The first-order valence-electron chi connectivity index (χ1n) is 7.53. The van der Waals surface area contributed by atoms with Crippen LogP contribution >= 0.6 is 11.3 Å². The third-order valence-corrected chi connectivity index (χ3v) is 4.97. The molecule has 0 bridgehead atoms. The summed E-state index contributed by atoms with van der Waals surface area (Å²) < 4.78 is 1.97. The van der Waals surface area contributed by atoms with Crippen LogP contribution in [0, 0.1) is 0 Å². The smallest absolute Gasteiger partial charge is 0.234 e. The zero-order valence-corrected chi connectivity index (χ0v) is 13.1. The second-order valence-electron chi connectivity index (χ2n) is 6.57. The van der Waals surface area contributed by atoms with Crippen LogP contribution in [-0.4, -0.2) is 25.4 Å². The minimum atomic E-state index is -0.141. The predicted molar refractivity (Wildman–Crippen MR) is 81.1 cm³/mol. The lowest BCUT2D eigenvalue weighted by atomic mass is 9.89. The molecule has 0 radical (unpaired) electrons. The van der Waals surface area contributed by atoms with E-state index in [1.807, 2.05) is 4.52 Å². The summed E-state index contributed by atoms with van der Waals surface area (Å²) in [6, 6.07) is 0. The third kappa shape index (κ3) is 3.01. The normalized spacial score (nSPS) is 17.9. The number of rotatable bonds is 4. The molecule has 5 nitrogen and oxygen atoms in total.